The second-order valence-electron chi connectivity index (χ2n) is 6.55. The normalized spacial score (nSPS) is 10.6. The van der Waals surface area contributed by atoms with E-state index >= 15 is 0 Å². The third kappa shape index (κ3) is 4.78. The molecule has 3 rings (SSSR count). The number of phenols is 2. The minimum absolute atomic E-state index is 0.0758. The zero-order chi connectivity index (χ0) is 21.1. The number of hydrogen-bond donors (Lipinski definition) is 2. The monoisotopic (exact) mass is 474 g/mol. The molecule has 0 unspecified atom stereocenters. The molecule has 29 heavy (non-hydrogen) atoms. The number of anilines is 1. The van der Waals surface area contributed by atoms with Gasteiger partial charge in [-0.3, -0.25) is 9.59 Å². The Morgan fingerprint density at radius 1 is 0.966 bits per heavy atom. The number of aromatic hydroxyl groups is 2. The Morgan fingerprint density at radius 2 is 1.66 bits per heavy atom. The molecule has 2 N–H and O–H groups in total. The fourth-order valence-corrected chi connectivity index (χ4v) is 4.23. The van der Waals surface area contributed by atoms with Crippen molar-refractivity contribution >= 4 is 44.8 Å². The van der Waals surface area contributed by atoms with Gasteiger partial charge >= 0.3 is 0 Å². The Morgan fingerprint density at radius 3 is 2.21 bits per heavy atom. The largest absolute Gasteiger partial charge is 0.508 e. The molecule has 3 aromatic rings. The summed E-state index contributed by atoms with van der Waals surface area (Å²) in [7, 11) is 3.35. The first-order valence-electron chi connectivity index (χ1n) is 8.66. The van der Waals surface area contributed by atoms with Gasteiger partial charge in [0.15, 0.2) is 0 Å². The van der Waals surface area contributed by atoms with Gasteiger partial charge in [-0.2, -0.15) is 0 Å². The van der Waals surface area contributed by atoms with Gasteiger partial charge in [0.05, 0.1) is 15.9 Å². The van der Waals surface area contributed by atoms with Gasteiger partial charge in [0, 0.05) is 36.3 Å². The summed E-state index contributed by atoms with van der Waals surface area (Å²) in [5, 5.41) is 19.7. The smallest absolute Gasteiger partial charge is 0.262 e. The van der Waals surface area contributed by atoms with Crippen molar-refractivity contribution in [2.45, 2.75) is 6.54 Å². The molecular weight excluding hydrogens is 456 g/mol. The van der Waals surface area contributed by atoms with Crippen molar-refractivity contribution in [2.24, 2.45) is 0 Å². The lowest BCUT2D eigenvalue weighted by molar-refractivity contribution is 0.0827. The van der Waals surface area contributed by atoms with Crippen LogP contribution in [0.3, 0.4) is 0 Å². The number of nitrogens with zero attached hydrogens (tertiary/aromatic N) is 2. The Bertz CT molecular complexity index is 1050. The molecule has 0 bridgehead atoms. The molecule has 0 saturated carbocycles. The van der Waals surface area contributed by atoms with Gasteiger partial charge in [0.25, 0.3) is 11.8 Å². The summed E-state index contributed by atoms with van der Waals surface area (Å²) in [5.41, 5.74) is 1.17. The minimum Gasteiger partial charge on any atom is -0.508 e. The Hall–Kier alpha value is -2.84. The van der Waals surface area contributed by atoms with Crippen LogP contribution in [0.1, 0.15) is 25.6 Å². The molecule has 0 fully saturated rings. The first kappa shape index (κ1) is 20.9. The van der Waals surface area contributed by atoms with E-state index in [2.05, 4.69) is 15.9 Å². The lowest BCUT2D eigenvalue weighted by atomic mass is 10.1. The second kappa shape index (κ2) is 8.67. The zero-order valence-electron chi connectivity index (χ0n) is 15.8. The standard InChI is InChI=1S/C21H19BrN2O4S/c1-23(2)20(27)13-3-5-14(6-4-13)24(12-16-8-10-19(22)29-16)21(28)17-9-7-15(25)11-18(17)26/h3-11,25-26H,12H2,1-2H3. The number of rotatable bonds is 5. The molecule has 1 aromatic heterocycles. The summed E-state index contributed by atoms with van der Waals surface area (Å²) in [6, 6.07) is 14.4. The quantitative estimate of drug-likeness (QED) is 0.571. The Kier molecular flexibility index (Phi) is 6.24. The lowest BCUT2D eigenvalue weighted by Crippen LogP contribution is -2.30. The van der Waals surface area contributed by atoms with Crippen molar-refractivity contribution in [1.82, 2.24) is 4.90 Å². The van der Waals surface area contributed by atoms with Gasteiger partial charge in [-0.15, -0.1) is 11.3 Å². The summed E-state index contributed by atoms with van der Waals surface area (Å²) in [4.78, 5) is 29.3. The molecular formula is C21H19BrN2O4S. The Balaban J connectivity index is 1.98. The van der Waals surface area contributed by atoms with Gasteiger partial charge in [-0.25, -0.2) is 0 Å². The molecule has 0 aliphatic rings. The maximum absolute atomic E-state index is 13.2. The van der Waals surface area contributed by atoms with E-state index in [1.807, 2.05) is 12.1 Å². The molecule has 0 spiro atoms. The highest BCUT2D eigenvalue weighted by Gasteiger charge is 2.22. The average molecular weight is 475 g/mol. The van der Waals surface area contributed by atoms with E-state index in [4.69, 9.17) is 0 Å². The number of carbonyl (C=O) groups excluding carboxylic acids is 2. The van der Waals surface area contributed by atoms with Crippen LogP contribution in [-0.2, 0) is 6.54 Å². The number of thiophene rings is 1. The fourth-order valence-electron chi connectivity index (χ4n) is 2.76. The SMILES string of the molecule is CN(C)C(=O)c1ccc(N(Cc2ccc(Br)s2)C(=O)c2ccc(O)cc2O)cc1. The number of carbonyl (C=O) groups is 2. The van der Waals surface area contributed by atoms with Crippen LogP contribution in [0.15, 0.2) is 58.4 Å². The van der Waals surface area contributed by atoms with Crippen molar-refractivity contribution < 1.29 is 19.8 Å². The summed E-state index contributed by atoms with van der Waals surface area (Å²) in [6.45, 7) is 0.288. The number of halogens is 1. The molecule has 1 heterocycles. The van der Waals surface area contributed by atoms with Crippen LogP contribution in [0.4, 0.5) is 5.69 Å². The molecule has 0 saturated heterocycles. The first-order valence-corrected chi connectivity index (χ1v) is 10.3. The van der Waals surface area contributed by atoms with Crippen LogP contribution >= 0.6 is 27.3 Å². The van der Waals surface area contributed by atoms with Crippen molar-refractivity contribution in [2.75, 3.05) is 19.0 Å². The predicted molar refractivity (Wildman–Crippen MR) is 117 cm³/mol. The Labute approximate surface area is 180 Å². The third-order valence-corrected chi connectivity index (χ3v) is 5.84. The van der Waals surface area contributed by atoms with Crippen LogP contribution in [-0.4, -0.2) is 41.0 Å². The highest BCUT2D eigenvalue weighted by Crippen LogP contribution is 2.30. The molecule has 0 aliphatic carbocycles. The van der Waals surface area contributed by atoms with E-state index in [0.717, 1.165) is 14.7 Å². The van der Waals surface area contributed by atoms with Crippen molar-refractivity contribution in [3.05, 3.63) is 74.4 Å². The summed E-state index contributed by atoms with van der Waals surface area (Å²) < 4.78 is 0.944. The molecule has 8 heteroatoms. The van der Waals surface area contributed by atoms with Crippen molar-refractivity contribution in [3.8, 4) is 11.5 Å². The van der Waals surface area contributed by atoms with Gasteiger partial charge in [0.1, 0.15) is 11.5 Å². The maximum atomic E-state index is 13.2. The third-order valence-electron chi connectivity index (χ3n) is 4.23. The summed E-state index contributed by atoms with van der Waals surface area (Å²) >= 11 is 4.93. The molecule has 150 valence electrons. The lowest BCUT2D eigenvalue weighted by Gasteiger charge is -2.23. The number of amides is 2. The van der Waals surface area contributed by atoms with E-state index in [0.29, 0.717) is 11.3 Å². The van der Waals surface area contributed by atoms with Crippen molar-refractivity contribution in [1.29, 1.82) is 0 Å². The number of phenolic OH excluding ortho intramolecular Hbond substituents is 2. The average Bonchev–Trinajstić information content (AvgIpc) is 3.10. The first-order chi connectivity index (χ1) is 13.8. The summed E-state index contributed by atoms with van der Waals surface area (Å²) in [6.07, 6.45) is 0. The van der Waals surface area contributed by atoms with Gasteiger partial charge < -0.3 is 20.0 Å². The summed E-state index contributed by atoms with van der Waals surface area (Å²) in [5.74, 6) is -0.974. The zero-order valence-corrected chi connectivity index (χ0v) is 18.2. The second-order valence-corrected chi connectivity index (χ2v) is 9.09. The molecule has 0 aliphatic heterocycles. The molecule has 0 radical (unpaired) electrons. The fraction of sp³-hybridized carbons (Fsp3) is 0.143. The highest BCUT2D eigenvalue weighted by molar-refractivity contribution is 9.11. The molecule has 6 nitrogen and oxygen atoms in total. The predicted octanol–water partition coefficient (Wildman–Crippen LogP) is 4.47. The molecule has 0 atom stereocenters. The van der Waals surface area contributed by atoms with Gasteiger partial charge in [0.2, 0.25) is 0 Å². The van der Waals surface area contributed by atoms with Gasteiger partial charge in [-0.1, -0.05) is 0 Å². The maximum Gasteiger partial charge on any atom is 0.262 e. The van der Waals surface area contributed by atoms with Crippen LogP contribution < -0.4 is 4.90 Å². The van der Waals surface area contributed by atoms with E-state index < -0.39 is 5.91 Å². The molecule has 2 amide bonds. The minimum atomic E-state index is -0.418. The topological polar surface area (TPSA) is 81.1 Å². The number of hydrogen-bond acceptors (Lipinski definition) is 5. The van der Waals surface area contributed by atoms with Crippen molar-refractivity contribution in [3.63, 3.8) is 0 Å². The van der Waals surface area contributed by atoms with E-state index in [-0.39, 0.29) is 29.5 Å². The number of benzene rings is 2. The highest BCUT2D eigenvalue weighted by atomic mass is 79.9. The van der Waals surface area contributed by atoms with Crippen LogP contribution in [0.25, 0.3) is 0 Å². The van der Waals surface area contributed by atoms with Gasteiger partial charge in [-0.05, 0) is 64.5 Å². The van der Waals surface area contributed by atoms with E-state index in [9.17, 15) is 19.8 Å². The van der Waals surface area contributed by atoms with E-state index in [1.165, 1.54) is 33.3 Å². The van der Waals surface area contributed by atoms with Crippen LogP contribution in [0.2, 0.25) is 0 Å². The van der Waals surface area contributed by atoms with E-state index in [1.54, 1.807) is 38.4 Å². The van der Waals surface area contributed by atoms with Crippen LogP contribution in [0.5, 0.6) is 11.5 Å². The molecule has 2 aromatic carbocycles. The van der Waals surface area contributed by atoms with Crippen LogP contribution in [0, 0.1) is 0 Å².